The predicted octanol–water partition coefficient (Wildman–Crippen LogP) is 1.57. The van der Waals surface area contributed by atoms with Gasteiger partial charge in [-0.2, -0.15) is 0 Å². The largest absolute Gasteiger partial charge is 0.480 e. The number of hydrogen-bond acceptors (Lipinski definition) is 4. The second-order valence-corrected chi connectivity index (χ2v) is 4.56. The minimum atomic E-state index is -1.05. The van der Waals surface area contributed by atoms with Gasteiger partial charge in [-0.25, -0.2) is 0 Å². The van der Waals surface area contributed by atoms with E-state index in [0.717, 1.165) is 5.56 Å². The first-order chi connectivity index (χ1) is 8.99. The highest BCUT2D eigenvalue weighted by Crippen LogP contribution is 2.03. The minimum absolute atomic E-state index is 0.0111. The molecule has 0 aliphatic carbocycles. The number of carboxylic acid groups (broad SMARTS) is 1. The van der Waals surface area contributed by atoms with Crippen LogP contribution < -0.4 is 5.32 Å². The number of carboxylic acids is 1. The van der Waals surface area contributed by atoms with Crippen LogP contribution in [0.25, 0.3) is 0 Å². The van der Waals surface area contributed by atoms with E-state index in [1.807, 2.05) is 44.2 Å². The predicted molar refractivity (Wildman–Crippen MR) is 70.6 cm³/mol. The van der Waals surface area contributed by atoms with Gasteiger partial charge in [-0.05, 0) is 5.56 Å². The molecule has 0 fully saturated rings. The molecule has 1 aromatic carbocycles. The number of rotatable bonds is 7. The van der Waals surface area contributed by atoms with Gasteiger partial charge in [-0.15, -0.1) is 0 Å². The van der Waals surface area contributed by atoms with E-state index < -0.39 is 18.0 Å². The monoisotopic (exact) mass is 265 g/mol. The highest BCUT2D eigenvalue weighted by atomic mass is 16.5. The summed E-state index contributed by atoms with van der Waals surface area (Å²) in [5.41, 5.74) is 0.875. The first-order valence-corrected chi connectivity index (χ1v) is 6.17. The quantitative estimate of drug-likeness (QED) is 0.732. The molecule has 0 aromatic heterocycles. The molecule has 0 amide bonds. The standard InChI is InChI=1S/C14H19NO4/c1-10(2)15-12(14(17)18)8-13(16)19-9-11-6-4-3-5-7-11/h3-7,10,12,15H,8-9H2,1-2H3,(H,17,18). The maximum absolute atomic E-state index is 11.6. The van der Waals surface area contributed by atoms with E-state index in [4.69, 9.17) is 9.84 Å². The average Bonchev–Trinajstić information content (AvgIpc) is 2.36. The van der Waals surface area contributed by atoms with Gasteiger partial charge < -0.3 is 15.2 Å². The third kappa shape index (κ3) is 6.01. The molecule has 1 rings (SSSR count). The lowest BCUT2D eigenvalue weighted by molar-refractivity contribution is -0.150. The smallest absolute Gasteiger partial charge is 0.321 e. The summed E-state index contributed by atoms with van der Waals surface area (Å²) in [5, 5.41) is 11.8. The van der Waals surface area contributed by atoms with Crippen LogP contribution in [0.15, 0.2) is 30.3 Å². The van der Waals surface area contributed by atoms with E-state index in [2.05, 4.69) is 5.32 Å². The molecular formula is C14H19NO4. The first kappa shape index (κ1) is 15.2. The summed E-state index contributed by atoms with van der Waals surface area (Å²) in [6, 6.07) is 8.33. The number of hydrogen-bond donors (Lipinski definition) is 2. The Bertz CT molecular complexity index is 417. The lowest BCUT2D eigenvalue weighted by Crippen LogP contribution is -2.42. The fourth-order valence-electron chi connectivity index (χ4n) is 1.58. The van der Waals surface area contributed by atoms with Crippen LogP contribution in [0.2, 0.25) is 0 Å². The van der Waals surface area contributed by atoms with Crippen LogP contribution in [0.5, 0.6) is 0 Å². The van der Waals surface area contributed by atoms with Crippen molar-refractivity contribution in [2.75, 3.05) is 0 Å². The first-order valence-electron chi connectivity index (χ1n) is 6.17. The van der Waals surface area contributed by atoms with E-state index in [9.17, 15) is 9.59 Å². The molecule has 5 heteroatoms. The maximum Gasteiger partial charge on any atom is 0.321 e. The Morgan fingerprint density at radius 2 is 1.89 bits per heavy atom. The van der Waals surface area contributed by atoms with Gasteiger partial charge in [0.15, 0.2) is 0 Å². The van der Waals surface area contributed by atoms with Gasteiger partial charge in [0.2, 0.25) is 0 Å². The van der Waals surface area contributed by atoms with Crippen LogP contribution in [0.4, 0.5) is 0 Å². The Morgan fingerprint density at radius 3 is 2.42 bits per heavy atom. The molecule has 5 nitrogen and oxygen atoms in total. The van der Waals surface area contributed by atoms with E-state index in [-0.39, 0.29) is 19.1 Å². The van der Waals surface area contributed by atoms with Gasteiger partial charge in [0, 0.05) is 6.04 Å². The average molecular weight is 265 g/mol. The molecule has 1 unspecified atom stereocenters. The Kier molecular flexibility index (Phi) is 6.02. The Balaban J connectivity index is 2.42. The van der Waals surface area contributed by atoms with Gasteiger partial charge in [0.25, 0.3) is 0 Å². The molecule has 0 heterocycles. The van der Waals surface area contributed by atoms with Gasteiger partial charge in [-0.1, -0.05) is 44.2 Å². The molecule has 0 aliphatic rings. The zero-order valence-electron chi connectivity index (χ0n) is 11.1. The number of esters is 1. The SMILES string of the molecule is CC(C)NC(CC(=O)OCc1ccccc1)C(=O)O. The third-order valence-corrected chi connectivity index (χ3v) is 2.45. The third-order valence-electron chi connectivity index (χ3n) is 2.45. The molecule has 0 spiro atoms. The lowest BCUT2D eigenvalue weighted by Gasteiger charge is -2.16. The van der Waals surface area contributed by atoms with Crippen molar-refractivity contribution in [3.63, 3.8) is 0 Å². The van der Waals surface area contributed by atoms with Crippen molar-refractivity contribution in [2.24, 2.45) is 0 Å². The van der Waals surface area contributed by atoms with E-state index in [0.29, 0.717) is 0 Å². The molecule has 1 atom stereocenters. The summed E-state index contributed by atoms with van der Waals surface area (Å²) < 4.78 is 5.05. The van der Waals surface area contributed by atoms with Gasteiger partial charge in [0.05, 0.1) is 6.42 Å². The van der Waals surface area contributed by atoms with Gasteiger partial charge >= 0.3 is 11.9 Å². The van der Waals surface area contributed by atoms with Crippen LogP contribution in [-0.4, -0.2) is 29.1 Å². The van der Waals surface area contributed by atoms with Gasteiger partial charge in [-0.3, -0.25) is 9.59 Å². The van der Waals surface area contributed by atoms with E-state index >= 15 is 0 Å². The maximum atomic E-state index is 11.6. The summed E-state index contributed by atoms with van der Waals surface area (Å²) in [7, 11) is 0. The number of carbonyl (C=O) groups excluding carboxylic acids is 1. The summed E-state index contributed by atoms with van der Waals surface area (Å²) in [5.74, 6) is -1.57. The minimum Gasteiger partial charge on any atom is -0.480 e. The molecule has 1 aromatic rings. The van der Waals surface area contributed by atoms with Crippen molar-refractivity contribution < 1.29 is 19.4 Å². The van der Waals surface area contributed by atoms with E-state index in [1.165, 1.54) is 0 Å². The highest BCUT2D eigenvalue weighted by molar-refractivity contribution is 5.81. The molecule has 2 N–H and O–H groups in total. The Labute approximate surface area is 112 Å². The van der Waals surface area contributed by atoms with Crippen molar-refractivity contribution in [2.45, 2.75) is 39.0 Å². The molecular weight excluding hydrogens is 246 g/mol. The summed E-state index contributed by atoms with van der Waals surface area (Å²) in [6.45, 7) is 3.81. The molecule has 0 radical (unpaired) electrons. The van der Waals surface area contributed by atoms with Crippen molar-refractivity contribution in [1.82, 2.24) is 5.32 Å². The number of nitrogens with one attached hydrogen (secondary N) is 1. The second-order valence-electron chi connectivity index (χ2n) is 4.56. The fraction of sp³-hybridized carbons (Fsp3) is 0.429. The van der Waals surface area contributed by atoms with Crippen LogP contribution in [0.1, 0.15) is 25.8 Å². The molecule has 0 saturated carbocycles. The molecule has 0 bridgehead atoms. The number of carbonyl (C=O) groups is 2. The molecule has 0 aliphatic heterocycles. The zero-order valence-corrected chi connectivity index (χ0v) is 11.1. The normalized spacial score (nSPS) is 12.2. The highest BCUT2D eigenvalue weighted by Gasteiger charge is 2.22. The Morgan fingerprint density at radius 1 is 1.26 bits per heavy atom. The van der Waals surface area contributed by atoms with Crippen molar-refractivity contribution in [3.8, 4) is 0 Å². The number of benzene rings is 1. The number of aliphatic carboxylic acids is 1. The lowest BCUT2D eigenvalue weighted by atomic mass is 10.2. The molecule has 19 heavy (non-hydrogen) atoms. The zero-order chi connectivity index (χ0) is 14.3. The molecule has 104 valence electrons. The molecule has 0 saturated heterocycles. The number of ether oxygens (including phenoxy) is 1. The van der Waals surface area contributed by atoms with Gasteiger partial charge in [0.1, 0.15) is 12.6 Å². The fourth-order valence-corrected chi connectivity index (χ4v) is 1.58. The Hall–Kier alpha value is -1.88. The van der Waals surface area contributed by atoms with Crippen LogP contribution in [0, 0.1) is 0 Å². The summed E-state index contributed by atoms with van der Waals surface area (Å²) >= 11 is 0. The van der Waals surface area contributed by atoms with Crippen LogP contribution in [0.3, 0.4) is 0 Å². The van der Waals surface area contributed by atoms with E-state index in [1.54, 1.807) is 0 Å². The van der Waals surface area contributed by atoms with Crippen LogP contribution in [-0.2, 0) is 20.9 Å². The summed E-state index contributed by atoms with van der Waals surface area (Å²) in [6.07, 6.45) is -0.180. The topological polar surface area (TPSA) is 75.6 Å². The second kappa shape index (κ2) is 7.53. The van der Waals surface area contributed by atoms with Crippen molar-refractivity contribution in [1.29, 1.82) is 0 Å². The summed E-state index contributed by atoms with van der Waals surface area (Å²) in [4.78, 5) is 22.6. The van der Waals surface area contributed by atoms with Crippen LogP contribution >= 0.6 is 0 Å². The van der Waals surface area contributed by atoms with Crippen molar-refractivity contribution >= 4 is 11.9 Å². The van der Waals surface area contributed by atoms with Crippen molar-refractivity contribution in [3.05, 3.63) is 35.9 Å².